The Bertz CT molecular complexity index is 822. The second-order valence-corrected chi connectivity index (χ2v) is 6.29. The largest absolute Gasteiger partial charge is 0.494 e. The Morgan fingerprint density at radius 3 is 2.54 bits per heavy atom. The number of nitrogens with one attached hydrogen (secondary N) is 1. The van der Waals surface area contributed by atoms with Crippen molar-refractivity contribution in [1.82, 2.24) is 5.32 Å². The predicted molar refractivity (Wildman–Crippen MR) is 101 cm³/mol. The lowest BCUT2D eigenvalue weighted by atomic mass is 10.1. The smallest absolute Gasteiger partial charge is 0.220 e. The summed E-state index contributed by atoms with van der Waals surface area (Å²) in [6.07, 6.45) is 0.850. The number of benzene rings is 2. The summed E-state index contributed by atoms with van der Waals surface area (Å²) < 4.78 is 29.1. The highest BCUT2D eigenvalue weighted by atomic mass is 19.1. The summed E-state index contributed by atoms with van der Waals surface area (Å²) >= 11 is 0. The van der Waals surface area contributed by atoms with Crippen LogP contribution in [0.5, 0.6) is 17.2 Å². The molecule has 1 heterocycles. The monoisotopic (exact) mass is 387 g/mol. The van der Waals surface area contributed by atoms with Crippen LogP contribution in [0.25, 0.3) is 0 Å². The highest BCUT2D eigenvalue weighted by Gasteiger charge is 2.15. The fourth-order valence-electron chi connectivity index (χ4n) is 2.70. The molecule has 148 valence electrons. The van der Waals surface area contributed by atoms with Crippen molar-refractivity contribution in [3.63, 3.8) is 0 Å². The number of rotatable bonds is 9. The van der Waals surface area contributed by atoms with Crippen molar-refractivity contribution in [2.45, 2.75) is 19.3 Å². The molecule has 1 aliphatic heterocycles. The summed E-state index contributed by atoms with van der Waals surface area (Å²) in [5.41, 5.74) is 0.504. The molecule has 0 fully saturated rings. The van der Waals surface area contributed by atoms with E-state index in [1.807, 2.05) is 0 Å². The molecule has 2 aromatic rings. The average Bonchev–Trinajstić information content (AvgIpc) is 2.72. The number of hydrogen-bond donors (Lipinski definition) is 1. The van der Waals surface area contributed by atoms with Gasteiger partial charge in [0.2, 0.25) is 5.91 Å². The lowest BCUT2D eigenvalue weighted by Gasteiger charge is -2.18. The van der Waals surface area contributed by atoms with Gasteiger partial charge in [-0.1, -0.05) is 0 Å². The maximum atomic E-state index is 12.8. The Hall–Kier alpha value is -3.09. The van der Waals surface area contributed by atoms with Gasteiger partial charge in [-0.25, -0.2) is 4.39 Å². The highest BCUT2D eigenvalue weighted by molar-refractivity contribution is 5.98. The summed E-state index contributed by atoms with van der Waals surface area (Å²) in [6.45, 7) is 1.80. The summed E-state index contributed by atoms with van der Waals surface area (Å²) in [5, 5.41) is 2.76. The Labute approximate surface area is 162 Å². The van der Waals surface area contributed by atoms with Crippen molar-refractivity contribution in [1.29, 1.82) is 0 Å². The fourth-order valence-corrected chi connectivity index (χ4v) is 2.70. The molecule has 1 N–H and O–H groups in total. The number of ketones is 1. The van der Waals surface area contributed by atoms with E-state index in [9.17, 15) is 14.0 Å². The molecule has 0 spiro atoms. The first-order chi connectivity index (χ1) is 13.6. The maximum Gasteiger partial charge on any atom is 0.220 e. The first-order valence-electron chi connectivity index (χ1n) is 9.20. The van der Waals surface area contributed by atoms with E-state index in [1.165, 1.54) is 12.1 Å². The number of carbonyl (C=O) groups is 2. The van der Waals surface area contributed by atoms with Crippen LogP contribution < -0.4 is 19.5 Å². The molecule has 0 aliphatic carbocycles. The van der Waals surface area contributed by atoms with E-state index in [1.54, 1.807) is 30.3 Å². The van der Waals surface area contributed by atoms with Crippen LogP contribution in [0.1, 0.15) is 29.6 Å². The van der Waals surface area contributed by atoms with Crippen molar-refractivity contribution in [3.05, 3.63) is 53.8 Å². The van der Waals surface area contributed by atoms with Gasteiger partial charge >= 0.3 is 0 Å². The zero-order valence-electron chi connectivity index (χ0n) is 15.4. The van der Waals surface area contributed by atoms with Gasteiger partial charge in [-0.2, -0.15) is 0 Å². The zero-order chi connectivity index (χ0) is 19.8. The predicted octanol–water partition coefficient (Wildman–Crippen LogP) is 3.15. The van der Waals surface area contributed by atoms with Gasteiger partial charge in [0.05, 0.1) is 6.61 Å². The Morgan fingerprint density at radius 1 is 1.00 bits per heavy atom. The van der Waals surface area contributed by atoms with Gasteiger partial charge in [-0.15, -0.1) is 0 Å². The molecular weight excluding hydrogens is 365 g/mol. The summed E-state index contributed by atoms with van der Waals surface area (Å²) in [4.78, 5) is 24.2. The third kappa shape index (κ3) is 5.70. The fraction of sp³-hybridized carbons (Fsp3) is 0.333. The third-order valence-electron chi connectivity index (χ3n) is 4.17. The van der Waals surface area contributed by atoms with Gasteiger partial charge in [0.1, 0.15) is 24.8 Å². The Balaban J connectivity index is 1.32. The van der Waals surface area contributed by atoms with Crippen LogP contribution in [0.4, 0.5) is 4.39 Å². The highest BCUT2D eigenvalue weighted by Crippen LogP contribution is 2.31. The lowest BCUT2D eigenvalue weighted by molar-refractivity contribution is -0.121. The average molecular weight is 387 g/mol. The number of Topliss-reactive ketones (excluding diaryl/α,β-unsaturated/α-hetero) is 1. The zero-order valence-corrected chi connectivity index (χ0v) is 15.4. The molecule has 0 aromatic heterocycles. The minimum Gasteiger partial charge on any atom is -0.494 e. The standard InChI is InChI=1S/C21H22FNO5/c22-16-3-5-17(6-4-16)26-11-1-10-23-21(25)9-7-18(24)15-2-8-19-20(14-15)28-13-12-27-19/h2-6,8,14H,1,7,9-13H2,(H,23,25). The van der Waals surface area contributed by atoms with E-state index in [2.05, 4.69) is 5.32 Å². The number of fused-ring (bicyclic) bond motifs is 1. The van der Waals surface area contributed by atoms with Crippen molar-refractivity contribution < 1.29 is 28.2 Å². The number of carbonyl (C=O) groups excluding carboxylic acids is 2. The van der Waals surface area contributed by atoms with Crippen molar-refractivity contribution >= 4 is 11.7 Å². The molecular formula is C21H22FNO5. The third-order valence-corrected chi connectivity index (χ3v) is 4.17. The van der Waals surface area contributed by atoms with Crippen molar-refractivity contribution in [2.75, 3.05) is 26.4 Å². The van der Waals surface area contributed by atoms with Crippen molar-refractivity contribution in [3.8, 4) is 17.2 Å². The SMILES string of the molecule is O=C(CCC(=O)c1ccc2c(c1)OCCO2)NCCCOc1ccc(F)cc1. The number of hydrogen-bond acceptors (Lipinski definition) is 5. The van der Waals surface area contributed by atoms with Gasteiger partial charge in [0.25, 0.3) is 0 Å². The van der Waals surface area contributed by atoms with Crippen LogP contribution in [0.2, 0.25) is 0 Å². The van der Waals surface area contributed by atoms with E-state index in [-0.39, 0.29) is 30.3 Å². The topological polar surface area (TPSA) is 73.9 Å². The summed E-state index contributed by atoms with van der Waals surface area (Å²) in [7, 11) is 0. The second-order valence-electron chi connectivity index (χ2n) is 6.29. The quantitative estimate of drug-likeness (QED) is 0.529. The van der Waals surface area contributed by atoms with Crippen LogP contribution in [0.3, 0.4) is 0 Å². The van der Waals surface area contributed by atoms with Gasteiger partial charge < -0.3 is 19.5 Å². The first kappa shape index (κ1) is 19.7. The van der Waals surface area contributed by atoms with Crippen LogP contribution in [0, 0.1) is 5.82 Å². The number of ether oxygens (including phenoxy) is 3. The number of amides is 1. The molecule has 0 atom stereocenters. The lowest BCUT2D eigenvalue weighted by Crippen LogP contribution is -2.26. The Morgan fingerprint density at radius 2 is 1.75 bits per heavy atom. The molecule has 7 heteroatoms. The van der Waals surface area contributed by atoms with Gasteiger partial charge in [0, 0.05) is 24.9 Å². The van der Waals surface area contributed by atoms with Crippen molar-refractivity contribution in [2.24, 2.45) is 0 Å². The molecule has 0 unspecified atom stereocenters. The van der Waals surface area contributed by atoms with Crippen LogP contribution in [-0.4, -0.2) is 38.1 Å². The van der Waals surface area contributed by atoms with E-state index in [0.717, 1.165) is 0 Å². The van der Waals surface area contributed by atoms with Gasteiger partial charge in [0.15, 0.2) is 17.3 Å². The molecule has 0 bridgehead atoms. The van der Waals surface area contributed by atoms with E-state index >= 15 is 0 Å². The minimum absolute atomic E-state index is 0.117. The molecule has 0 radical (unpaired) electrons. The van der Waals surface area contributed by atoms with Gasteiger partial charge in [-0.3, -0.25) is 9.59 Å². The normalized spacial score (nSPS) is 12.3. The van der Waals surface area contributed by atoms with Crippen LogP contribution >= 0.6 is 0 Å². The van der Waals surface area contributed by atoms with Crippen LogP contribution in [-0.2, 0) is 4.79 Å². The molecule has 1 amide bonds. The summed E-state index contributed by atoms with van der Waals surface area (Å²) in [5.74, 6) is 1.15. The molecule has 3 rings (SSSR count). The minimum atomic E-state index is -0.314. The second kappa shape index (κ2) is 9.73. The Kier molecular flexibility index (Phi) is 6.84. The van der Waals surface area contributed by atoms with E-state index in [4.69, 9.17) is 14.2 Å². The molecule has 2 aromatic carbocycles. The molecule has 1 aliphatic rings. The maximum absolute atomic E-state index is 12.8. The number of halogens is 1. The van der Waals surface area contributed by atoms with E-state index < -0.39 is 0 Å². The summed E-state index contributed by atoms with van der Waals surface area (Å²) in [6, 6.07) is 10.8. The molecule has 28 heavy (non-hydrogen) atoms. The molecule has 6 nitrogen and oxygen atoms in total. The first-order valence-corrected chi connectivity index (χ1v) is 9.20. The molecule has 0 saturated carbocycles. The van der Waals surface area contributed by atoms with E-state index in [0.29, 0.717) is 55.6 Å². The van der Waals surface area contributed by atoms with Crippen LogP contribution in [0.15, 0.2) is 42.5 Å². The van der Waals surface area contributed by atoms with Gasteiger partial charge in [-0.05, 0) is 48.9 Å². The molecule has 0 saturated heterocycles.